The first-order valence-electron chi connectivity index (χ1n) is 5.91. The number of ether oxygens (including phenoxy) is 1. The SMILES string of the molecule is NC(=O)C1CCC(=O)N1C(=O)OCc1ccccc1. The minimum atomic E-state index is -0.893. The highest BCUT2D eigenvalue weighted by atomic mass is 16.6. The molecular weight excluding hydrogens is 248 g/mol. The lowest BCUT2D eigenvalue weighted by molar-refractivity contribution is -0.132. The van der Waals surface area contributed by atoms with E-state index in [2.05, 4.69) is 0 Å². The van der Waals surface area contributed by atoms with Gasteiger partial charge in [-0.25, -0.2) is 9.69 Å². The van der Waals surface area contributed by atoms with Gasteiger partial charge < -0.3 is 10.5 Å². The largest absolute Gasteiger partial charge is 0.444 e. The number of nitrogens with zero attached hydrogens (tertiary/aromatic N) is 1. The second-order valence-electron chi connectivity index (χ2n) is 4.26. The molecule has 19 heavy (non-hydrogen) atoms. The number of imide groups is 1. The number of carbonyl (C=O) groups excluding carboxylic acids is 3. The smallest absolute Gasteiger partial charge is 0.417 e. The van der Waals surface area contributed by atoms with Crippen LogP contribution in [0, 0.1) is 0 Å². The Kier molecular flexibility index (Phi) is 3.79. The van der Waals surface area contributed by atoms with E-state index >= 15 is 0 Å². The summed E-state index contributed by atoms with van der Waals surface area (Å²) in [7, 11) is 0. The monoisotopic (exact) mass is 262 g/mol. The molecule has 3 amide bonds. The number of hydrogen-bond acceptors (Lipinski definition) is 4. The number of benzene rings is 1. The van der Waals surface area contributed by atoms with E-state index in [0.29, 0.717) is 0 Å². The van der Waals surface area contributed by atoms with E-state index in [4.69, 9.17) is 10.5 Å². The molecule has 1 saturated heterocycles. The lowest BCUT2D eigenvalue weighted by Crippen LogP contribution is -2.45. The summed E-state index contributed by atoms with van der Waals surface area (Å²) in [6.45, 7) is 0.0505. The van der Waals surface area contributed by atoms with Gasteiger partial charge in [0.05, 0.1) is 0 Å². The van der Waals surface area contributed by atoms with Crippen LogP contribution >= 0.6 is 0 Å². The van der Waals surface area contributed by atoms with E-state index in [9.17, 15) is 14.4 Å². The summed E-state index contributed by atoms with van der Waals surface area (Å²) < 4.78 is 5.02. The summed E-state index contributed by atoms with van der Waals surface area (Å²) in [5, 5.41) is 0. The van der Waals surface area contributed by atoms with Crippen molar-refractivity contribution in [2.45, 2.75) is 25.5 Å². The van der Waals surface area contributed by atoms with Crippen LogP contribution in [-0.2, 0) is 20.9 Å². The Morgan fingerprint density at radius 3 is 2.63 bits per heavy atom. The van der Waals surface area contributed by atoms with E-state index in [1.807, 2.05) is 18.2 Å². The van der Waals surface area contributed by atoms with Crippen molar-refractivity contribution in [1.29, 1.82) is 0 Å². The van der Waals surface area contributed by atoms with Crippen LogP contribution in [0.3, 0.4) is 0 Å². The second-order valence-corrected chi connectivity index (χ2v) is 4.26. The first kappa shape index (κ1) is 13.1. The van der Waals surface area contributed by atoms with Gasteiger partial charge in [-0.3, -0.25) is 9.59 Å². The van der Waals surface area contributed by atoms with E-state index in [-0.39, 0.29) is 19.4 Å². The van der Waals surface area contributed by atoms with Crippen molar-refractivity contribution in [3.63, 3.8) is 0 Å². The minimum Gasteiger partial charge on any atom is -0.444 e. The van der Waals surface area contributed by atoms with Gasteiger partial charge in [0.1, 0.15) is 12.6 Å². The number of hydrogen-bond donors (Lipinski definition) is 1. The maximum atomic E-state index is 11.8. The molecule has 1 fully saturated rings. The Balaban J connectivity index is 1.99. The normalized spacial score (nSPS) is 18.4. The number of nitrogens with two attached hydrogens (primary N) is 1. The minimum absolute atomic E-state index is 0.0505. The quantitative estimate of drug-likeness (QED) is 0.872. The van der Waals surface area contributed by atoms with Crippen LogP contribution in [0.1, 0.15) is 18.4 Å². The Morgan fingerprint density at radius 2 is 2.00 bits per heavy atom. The second kappa shape index (κ2) is 5.51. The fraction of sp³-hybridized carbons (Fsp3) is 0.308. The molecule has 1 aromatic carbocycles. The summed E-state index contributed by atoms with van der Waals surface area (Å²) in [6, 6.07) is 8.18. The van der Waals surface area contributed by atoms with Crippen LogP contribution in [0.4, 0.5) is 4.79 Å². The molecule has 1 heterocycles. The van der Waals surface area contributed by atoms with Crippen molar-refractivity contribution in [2.24, 2.45) is 5.73 Å². The molecule has 2 rings (SSSR count). The Morgan fingerprint density at radius 1 is 1.32 bits per heavy atom. The highest BCUT2D eigenvalue weighted by Crippen LogP contribution is 2.19. The lowest BCUT2D eigenvalue weighted by atomic mass is 10.2. The molecule has 0 aliphatic carbocycles. The van der Waals surface area contributed by atoms with Gasteiger partial charge in [0.25, 0.3) is 0 Å². The maximum Gasteiger partial charge on any atom is 0.417 e. The average molecular weight is 262 g/mol. The van der Waals surface area contributed by atoms with Gasteiger partial charge in [0, 0.05) is 6.42 Å². The maximum absolute atomic E-state index is 11.8. The molecule has 6 heteroatoms. The molecular formula is C13H14N2O4. The van der Waals surface area contributed by atoms with E-state index in [1.165, 1.54) is 0 Å². The van der Waals surface area contributed by atoms with Gasteiger partial charge in [-0.05, 0) is 12.0 Å². The van der Waals surface area contributed by atoms with Crippen LogP contribution in [0.2, 0.25) is 0 Å². The summed E-state index contributed by atoms with van der Waals surface area (Å²) in [5.41, 5.74) is 5.96. The van der Waals surface area contributed by atoms with Crippen LogP contribution in [0.25, 0.3) is 0 Å². The fourth-order valence-corrected chi connectivity index (χ4v) is 1.97. The molecule has 1 aliphatic rings. The zero-order valence-electron chi connectivity index (χ0n) is 10.2. The molecule has 0 saturated carbocycles. The average Bonchev–Trinajstić information content (AvgIpc) is 2.79. The van der Waals surface area contributed by atoms with Gasteiger partial charge in [0.2, 0.25) is 11.8 Å². The highest BCUT2D eigenvalue weighted by molar-refractivity contribution is 6.00. The Hall–Kier alpha value is -2.37. The van der Waals surface area contributed by atoms with E-state index < -0.39 is 23.9 Å². The van der Waals surface area contributed by atoms with Gasteiger partial charge in [-0.15, -0.1) is 0 Å². The molecule has 6 nitrogen and oxygen atoms in total. The van der Waals surface area contributed by atoms with Crippen molar-refractivity contribution < 1.29 is 19.1 Å². The van der Waals surface area contributed by atoms with E-state index in [1.54, 1.807) is 12.1 Å². The predicted octanol–water partition coefficient (Wildman–Crippen LogP) is 0.799. The topological polar surface area (TPSA) is 89.7 Å². The van der Waals surface area contributed by atoms with Crippen LogP contribution in [0.5, 0.6) is 0 Å². The van der Waals surface area contributed by atoms with Crippen molar-refractivity contribution in [1.82, 2.24) is 4.90 Å². The van der Waals surface area contributed by atoms with E-state index in [0.717, 1.165) is 10.5 Å². The van der Waals surface area contributed by atoms with Crippen LogP contribution in [0.15, 0.2) is 30.3 Å². The summed E-state index contributed by atoms with van der Waals surface area (Å²) >= 11 is 0. The summed E-state index contributed by atoms with van der Waals surface area (Å²) in [5.74, 6) is -1.12. The third-order valence-corrected chi connectivity index (χ3v) is 2.94. The summed E-state index contributed by atoms with van der Waals surface area (Å²) in [6.07, 6.45) is -0.432. The van der Waals surface area contributed by atoms with Gasteiger partial charge in [-0.1, -0.05) is 30.3 Å². The first-order valence-corrected chi connectivity index (χ1v) is 5.91. The number of primary amides is 1. The molecule has 1 unspecified atom stereocenters. The Bertz CT molecular complexity index is 501. The summed E-state index contributed by atoms with van der Waals surface area (Å²) in [4.78, 5) is 35.3. The zero-order valence-corrected chi connectivity index (χ0v) is 10.2. The molecule has 0 spiro atoms. The molecule has 1 aliphatic heterocycles. The zero-order chi connectivity index (χ0) is 13.8. The van der Waals surface area contributed by atoms with Crippen molar-refractivity contribution >= 4 is 17.9 Å². The highest BCUT2D eigenvalue weighted by Gasteiger charge is 2.40. The van der Waals surface area contributed by atoms with Crippen molar-refractivity contribution in [3.8, 4) is 0 Å². The molecule has 2 N–H and O–H groups in total. The van der Waals surface area contributed by atoms with Crippen LogP contribution in [-0.4, -0.2) is 28.8 Å². The number of likely N-dealkylation sites (tertiary alicyclic amines) is 1. The molecule has 0 aromatic heterocycles. The first-order chi connectivity index (χ1) is 9.09. The molecule has 100 valence electrons. The third-order valence-electron chi connectivity index (χ3n) is 2.94. The number of carbonyl (C=O) groups is 3. The fourth-order valence-electron chi connectivity index (χ4n) is 1.97. The molecule has 1 atom stereocenters. The van der Waals surface area contributed by atoms with Gasteiger partial charge in [0.15, 0.2) is 0 Å². The van der Waals surface area contributed by atoms with Gasteiger partial charge >= 0.3 is 6.09 Å². The number of amides is 3. The Labute approximate surface area is 110 Å². The number of rotatable bonds is 3. The van der Waals surface area contributed by atoms with Crippen LogP contribution < -0.4 is 5.73 Å². The van der Waals surface area contributed by atoms with Crippen molar-refractivity contribution in [2.75, 3.05) is 0 Å². The lowest BCUT2D eigenvalue weighted by Gasteiger charge is -2.19. The molecule has 1 aromatic rings. The molecule has 0 bridgehead atoms. The standard InChI is InChI=1S/C13H14N2O4/c14-12(17)10-6-7-11(16)15(10)13(18)19-8-9-4-2-1-3-5-9/h1-5,10H,6-8H2,(H2,14,17). The van der Waals surface area contributed by atoms with Gasteiger partial charge in [-0.2, -0.15) is 0 Å². The van der Waals surface area contributed by atoms with Crippen molar-refractivity contribution in [3.05, 3.63) is 35.9 Å². The third kappa shape index (κ3) is 2.90. The molecule has 0 radical (unpaired) electrons. The predicted molar refractivity (Wildman–Crippen MR) is 65.7 cm³/mol.